The normalized spacial score (nSPS) is 13.1. The van der Waals surface area contributed by atoms with E-state index in [9.17, 15) is 0 Å². The van der Waals surface area contributed by atoms with E-state index in [0.717, 1.165) is 5.92 Å². The van der Waals surface area contributed by atoms with E-state index in [-0.39, 0.29) is 6.15 Å². The summed E-state index contributed by atoms with van der Waals surface area (Å²) in [5.74, 6) is 0.784. The summed E-state index contributed by atoms with van der Waals surface area (Å²) in [5, 5.41) is 0. The van der Waals surface area contributed by atoms with Gasteiger partial charge in [0, 0.05) is 4.32 Å². The molecule has 0 aliphatic rings. The molecule has 2 heteroatoms. The maximum atomic E-state index is 3.77. The minimum atomic E-state index is 0. The van der Waals surface area contributed by atoms with Crippen LogP contribution in [0.4, 0.5) is 0 Å². The van der Waals surface area contributed by atoms with Gasteiger partial charge in [0.05, 0.1) is 0 Å². The molecule has 1 unspecified atom stereocenters. The lowest BCUT2D eigenvalue weighted by Gasteiger charge is -2.25. The van der Waals surface area contributed by atoms with Crippen molar-refractivity contribution in [2.75, 3.05) is 0 Å². The van der Waals surface area contributed by atoms with E-state index in [1.54, 1.807) is 0 Å². The van der Waals surface area contributed by atoms with Crippen LogP contribution in [-0.2, 0) is 0 Å². The number of rotatable bonds is 12. The van der Waals surface area contributed by atoms with Crippen molar-refractivity contribution in [3.05, 3.63) is 0 Å². The second kappa shape index (κ2) is 13.4. The third-order valence-electron chi connectivity index (χ3n) is 4.16. The molecule has 0 aliphatic carbocycles. The van der Waals surface area contributed by atoms with Gasteiger partial charge in [-0.25, -0.2) is 0 Å². The summed E-state index contributed by atoms with van der Waals surface area (Å²) in [7, 11) is 0. The Hall–Kier alpha value is 0.440. The first-order valence-electron chi connectivity index (χ1n) is 8.17. The Bertz CT molecular complexity index is 175. The Morgan fingerprint density at radius 2 is 1.16 bits per heavy atom. The first kappa shape index (κ1) is 21.7. The van der Waals surface area contributed by atoms with Gasteiger partial charge >= 0.3 is 0 Å². The van der Waals surface area contributed by atoms with Gasteiger partial charge < -0.3 is 6.15 Å². The summed E-state index contributed by atoms with van der Waals surface area (Å²) < 4.78 is 0.312. The van der Waals surface area contributed by atoms with Gasteiger partial charge in [0.1, 0.15) is 0 Å². The summed E-state index contributed by atoms with van der Waals surface area (Å²) in [6.07, 6.45) is 15.7. The molecule has 0 rings (SSSR count). The first-order valence-corrected chi connectivity index (χ1v) is 8.96. The van der Waals surface area contributed by atoms with Crippen LogP contribution in [0.25, 0.3) is 0 Å². The minimum Gasteiger partial charge on any atom is -0.344 e. The number of alkyl halides is 1. The molecule has 0 amide bonds. The minimum absolute atomic E-state index is 0. The Kier molecular flexibility index (Phi) is 15.4. The number of hydrogen-bond acceptors (Lipinski definition) is 1. The molecular formula is C17H38BrN. The second-order valence-corrected chi connectivity index (χ2v) is 8.48. The molecule has 0 saturated carbocycles. The fourth-order valence-corrected chi connectivity index (χ4v) is 2.51. The zero-order chi connectivity index (χ0) is 13.9. The van der Waals surface area contributed by atoms with Crippen molar-refractivity contribution in [1.29, 1.82) is 0 Å². The van der Waals surface area contributed by atoms with Gasteiger partial charge in [-0.1, -0.05) is 94.0 Å². The smallest absolute Gasteiger partial charge is 0.0227 e. The third-order valence-corrected chi connectivity index (χ3v) is 4.94. The van der Waals surface area contributed by atoms with Crippen molar-refractivity contribution < 1.29 is 0 Å². The summed E-state index contributed by atoms with van der Waals surface area (Å²) in [6, 6.07) is 0. The van der Waals surface area contributed by atoms with Crippen molar-refractivity contribution in [3.63, 3.8) is 0 Å². The number of unbranched alkanes of at least 4 members (excludes halogenated alkanes) is 9. The molecule has 0 aromatic rings. The standard InChI is InChI=1S/C17H35Br.H3N/c1-5-6-7-8-9-10-11-12-13-14-15-16(2)17(3,4)18;/h16H,5-15H2,1-4H3;1H3. The zero-order valence-electron chi connectivity index (χ0n) is 13.9. The SMILES string of the molecule is CCCCCCCCCCCCC(C)C(C)(C)Br.N. The summed E-state index contributed by atoms with van der Waals surface area (Å²) in [5.41, 5.74) is 0. The highest BCUT2D eigenvalue weighted by Crippen LogP contribution is 2.30. The van der Waals surface area contributed by atoms with Crippen molar-refractivity contribution >= 4 is 15.9 Å². The van der Waals surface area contributed by atoms with E-state index in [1.807, 2.05) is 0 Å². The van der Waals surface area contributed by atoms with Crippen LogP contribution in [-0.4, -0.2) is 4.32 Å². The maximum absolute atomic E-state index is 3.77. The largest absolute Gasteiger partial charge is 0.344 e. The molecule has 0 heterocycles. The topological polar surface area (TPSA) is 35.0 Å². The van der Waals surface area contributed by atoms with Gasteiger partial charge in [0.25, 0.3) is 0 Å². The highest BCUT2D eigenvalue weighted by atomic mass is 79.9. The average molecular weight is 336 g/mol. The molecule has 0 aliphatic heterocycles. The molecule has 0 spiro atoms. The maximum Gasteiger partial charge on any atom is 0.0227 e. The van der Waals surface area contributed by atoms with Gasteiger partial charge in [-0.3, -0.25) is 0 Å². The molecule has 0 saturated heterocycles. The third kappa shape index (κ3) is 14.7. The van der Waals surface area contributed by atoms with Crippen molar-refractivity contribution in [3.8, 4) is 0 Å². The van der Waals surface area contributed by atoms with E-state index >= 15 is 0 Å². The molecular weight excluding hydrogens is 298 g/mol. The summed E-state index contributed by atoms with van der Waals surface area (Å²) in [6.45, 7) is 9.22. The quantitative estimate of drug-likeness (QED) is 0.295. The lowest BCUT2D eigenvalue weighted by Crippen LogP contribution is -2.20. The van der Waals surface area contributed by atoms with Gasteiger partial charge in [-0.15, -0.1) is 0 Å². The number of halogens is 1. The lowest BCUT2D eigenvalue weighted by atomic mass is 9.92. The van der Waals surface area contributed by atoms with Gasteiger partial charge in [0.15, 0.2) is 0 Å². The Morgan fingerprint density at radius 1 is 0.789 bits per heavy atom. The molecule has 1 nitrogen and oxygen atoms in total. The predicted octanol–water partition coefficient (Wildman–Crippen LogP) is 7.27. The van der Waals surface area contributed by atoms with E-state index in [1.165, 1.54) is 70.6 Å². The average Bonchev–Trinajstić information content (AvgIpc) is 2.30. The van der Waals surface area contributed by atoms with E-state index < -0.39 is 0 Å². The molecule has 118 valence electrons. The predicted molar refractivity (Wildman–Crippen MR) is 93.7 cm³/mol. The number of hydrogen-bond donors (Lipinski definition) is 1. The Morgan fingerprint density at radius 3 is 1.53 bits per heavy atom. The van der Waals surface area contributed by atoms with E-state index in [2.05, 4.69) is 43.6 Å². The second-order valence-electron chi connectivity index (χ2n) is 6.44. The first-order chi connectivity index (χ1) is 8.48. The van der Waals surface area contributed by atoms with Crippen LogP contribution >= 0.6 is 15.9 Å². The monoisotopic (exact) mass is 335 g/mol. The van der Waals surface area contributed by atoms with Crippen LogP contribution in [0.3, 0.4) is 0 Å². The van der Waals surface area contributed by atoms with Crippen LogP contribution < -0.4 is 6.15 Å². The van der Waals surface area contributed by atoms with Crippen LogP contribution in [0.15, 0.2) is 0 Å². The van der Waals surface area contributed by atoms with Crippen LogP contribution in [0.2, 0.25) is 0 Å². The molecule has 19 heavy (non-hydrogen) atoms. The van der Waals surface area contributed by atoms with Gasteiger partial charge in [-0.2, -0.15) is 0 Å². The molecule has 1 atom stereocenters. The Balaban J connectivity index is 0. The molecule has 0 aromatic carbocycles. The van der Waals surface area contributed by atoms with Crippen molar-refractivity contribution in [1.82, 2.24) is 6.15 Å². The summed E-state index contributed by atoms with van der Waals surface area (Å²) >= 11 is 3.77. The van der Waals surface area contributed by atoms with Crippen LogP contribution in [0, 0.1) is 5.92 Å². The molecule has 0 bridgehead atoms. The molecule has 3 N–H and O–H groups in total. The molecule has 0 aromatic heterocycles. The molecule has 0 radical (unpaired) electrons. The highest BCUT2D eigenvalue weighted by molar-refractivity contribution is 9.10. The zero-order valence-corrected chi connectivity index (χ0v) is 15.5. The van der Waals surface area contributed by atoms with Crippen molar-refractivity contribution in [2.24, 2.45) is 5.92 Å². The van der Waals surface area contributed by atoms with Crippen LogP contribution in [0.1, 0.15) is 98.3 Å². The van der Waals surface area contributed by atoms with E-state index in [4.69, 9.17) is 0 Å². The van der Waals surface area contributed by atoms with Crippen molar-refractivity contribution in [2.45, 2.75) is 103 Å². The molecule has 0 fully saturated rings. The summed E-state index contributed by atoms with van der Waals surface area (Å²) in [4.78, 5) is 0. The Labute approximate surface area is 131 Å². The fraction of sp³-hybridized carbons (Fsp3) is 1.00. The fourth-order valence-electron chi connectivity index (χ4n) is 2.28. The van der Waals surface area contributed by atoms with Crippen LogP contribution in [0.5, 0.6) is 0 Å². The van der Waals surface area contributed by atoms with Gasteiger partial charge in [-0.05, 0) is 26.2 Å². The van der Waals surface area contributed by atoms with Gasteiger partial charge in [0.2, 0.25) is 0 Å². The lowest BCUT2D eigenvalue weighted by molar-refractivity contribution is 0.413. The van der Waals surface area contributed by atoms with E-state index in [0.29, 0.717) is 4.32 Å². The highest BCUT2D eigenvalue weighted by Gasteiger charge is 2.20.